The number of alkyl halides is 2. The molecule has 1 amide bonds. The molecule has 9 heteroatoms. The summed E-state index contributed by atoms with van der Waals surface area (Å²) >= 11 is 0. The van der Waals surface area contributed by atoms with Crippen LogP contribution in [-0.4, -0.2) is 48.0 Å². The summed E-state index contributed by atoms with van der Waals surface area (Å²) in [5.74, 6) is 0.0421. The van der Waals surface area contributed by atoms with Crippen molar-refractivity contribution in [3.63, 3.8) is 0 Å². The molecule has 3 aromatic heterocycles. The van der Waals surface area contributed by atoms with Crippen molar-refractivity contribution in [2.45, 2.75) is 18.9 Å². The highest BCUT2D eigenvalue weighted by Crippen LogP contribution is 2.37. The van der Waals surface area contributed by atoms with E-state index >= 15 is 0 Å². The van der Waals surface area contributed by atoms with Crippen LogP contribution in [0.1, 0.15) is 34.6 Å². The van der Waals surface area contributed by atoms with Crippen molar-refractivity contribution in [1.82, 2.24) is 29.0 Å². The van der Waals surface area contributed by atoms with Gasteiger partial charge in [-0.05, 0) is 48.4 Å². The number of rotatable bonds is 4. The standard InChI is InChI=1S/C21H18F2N6O/c1-27-6-5-12-7-13(3-4-17(12)27)20(30)28(2)18-9-14(18)8-15-10-16(19(22)23)26-21-24-11-25-29(15)21/h3-8,10-11,18-19H,9H2,1-2H3/b14-8-/t18-/m0/s1. The molecule has 4 aromatic rings. The fourth-order valence-electron chi connectivity index (χ4n) is 3.72. The summed E-state index contributed by atoms with van der Waals surface area (Å²) in [4.78, 5) is 22.4. The molecule has 0 radical (unpaired) electrons. The third kappa shape index (κ3) is 3.02. The molecule has 0 unspecified atom stereocenters. The molecule has 7 nitrogen and oxygen atoms in total. The van der Waals surface area contributed by atoms with Crippen LogP contribution in [0.3, 0.4) is 0 Å². The molecule has 0 saturated heterocycles. The van der Waals surface area contributed by atoms with Crippen LogP contribution in [0.4, 0.5) is 8.78 Å². The molecule has 0 N–H and O–H groups in total. The van der Waals surface area contributed by atoms with E-state index in [-0.39, 0.29) is 23.4 Å². The van der Waals surface area contributed by atoms with Crippen LogP contribution >= 0.6 is 0 Å². The lowest BCUT2D eigenvalue weighted by Gasteiger charge is -2.16. The molecular formula is C21H18F2N6O. The maximum absolute atomic E-state index is 13.2. The van der Waals surface area contributed by atoms with Crippen molar-refractivity contribution in [2.24, 2.45) is 7.05 Å². The second-order valence-corrected chi connectivity index (χ2v) is 7.43. The summed E-state index contributed by atoms with van der Waals surface area (Å²) < 4.78 is 29.7. The predicted octanol–water partition coefficient (Wildman–Crippen LogP) is 3.48. The number of hydrogen-bond acceptors (Lipinski definition) is 4. The number of amides is 1. The Kier molecular flexibility index (Phi) is 4.12. The highest BCUT2D eigenvalue weighted by molar-refractivity contribution is 5.98. The minimum Gasteiger partial charge on any atom is -0.351 e. The second kappa shape index (κ2) is 6.72. The molecular weight excluding hydrogens is 390 g/mol. The van der Waals surface area contributed by atoms with Crippen molar-refractivity contribution in [3.8, 4) is 0 Å². The number of carbonyl (C=O) groups excluding carboxylic acids is 1. The highest BCUT2D eigenvalue weighted by Gasteiger charge is 2.36. The van der Waals surface area contributed by atoms with E-state index in [4.69, 9.17) is 0 Å². The van der Waals surface area contributed by atoms with Gasteiger partial charge in [0.15, 0.2) is 0 Å². The largest absolute Gasteiger partial charge is 0.351 e. The molecule has 1 fully saturated rings. The molecule has 1 aliphatic carbocycles. The van der Waals surface area contributed by atoms with E-state index in [0.717, 1.165) is 16.5 Å². The van der Waals surface area contributed by atoms with Gasteiger partial charge in [0.25, 0.3) is 18.1 Å². The molecule has 0 bridgehead atoms. The van der Waals surface area contributed by atoms with Gasteiger partial charge in [-0.3, -0.25) is 4.79 Å². The van der Waals surface area contributed by atoms with Crippen LogP contribution in [-0.2, 0) is 7.05 Å². The zero-order chi connectivity index (χ0) is 21.0. The Morgan fingerprint density at radius 3 is 2.93 bits per heavy atom. The Morgan fingerprint density at radius 2 is 2.13 bits per heavy atom. The zero-order valence-electron chi connectivity index (χ0n) is 16.3. The van der Waals surface area contributed by atoms with Gasteiger partial charge in [0.2, 0.25) is 0 Å². The lowest BCUT2D eigenvalue weighted by atomic mass is 10.1. The van der Waals surface area contributed by atoms with Crippen LogP contribution in [0.5, 0.6) is 0 Å². The van der Waals surface area contributed by atoms with E-state index < -0.39 is 6.43 Å². The molecule has 0 spiro atoms. The average molecular weight is 408 g/mol. The van der Waals surface area contributed by atoms with Crippen LogP contribution < -0.4 is 0 Å². The maximum Gasteiger partial charge on any atom is 0.280 e. The lowest BCUT2D eigenvalue weighted by Crippen LogP contribution is -2.29. The van der Waals surface area contributed by atoms with Crippen molar-refractivity contribution in [1.29, 1.82) is 0 Å². The number of carbonyl (C=O) groups is 1. The average Bonchev–Trinajstić information content (AvgIpc) is 3.15. The minimum absolute atomic E-state index is 0.0780. The van der Waals surface area contributed by atoms with E-state index in [2.05, 4.69) is 15.1 Å². The quantitative estimate of drug-likeness (QED) is 0.519. The number of aromatic nitrogens is 5. The molecule has 30 heavy (non-hydrogen) atoms. The van der Waals surface area contributed by atoms with Gasteiger partial charge in [-0.25, -0.2) is 13.8 Å². The summed E-state index contributed by atoms with van der Waals surface area (Å²) in [6.07, 6.45) is 3.00. The van der Waals surface area contributed by atoms with Crippen LogP contribution in [0, 0.1) is 0 Å². The molecule has 1 saturated carbocycles. The number of likely N-dealkylation sites (N-methyl/N-ethyl adjacent to an activating group) is 1. The Hall–Kier alpha value is -3.62. The number of halogens is 2. The van der Waals surface area contributed by atoms with E-state index in [1.54, 1.807) is 18.0 Å². The van der Waals surface area contributed by atoms with Crippen molar-refractivity contribution >= 4 is 28.7 Å². The molecule has 1 aromatic carbocycles. The smallest absolute Gasteiger partial charge is 0.280 e. The lowest BCUT2D eigenvalue weighted by molar-refractivity contribution is 0.0790. The number of fused-ring (bicyclic) bond motifs is 2. The molecule has 3 heterocycles. The van der Waals surface area contributed by atoms with Gasteiger partial charge in [0.1, 0.15) is 12.0 Å². The molecule has 152 valence electrons. The van der Waals surface area contributed by atoms with E-state index in [1.165, 1.54) is 16.9 Å². The summed E-state index contributed by atoms with van der Waals surface area (Å²) in [6, 6.07) is 8.85. The summed E-state index contributed by atoms with van der Waals surface area (Å²) in [5, 5.41) is 5.06. The number of aryl methyl sites for hydroxylation is 1. The number of benzene rings is 1. The summed E-state index contributed by atoms with van der Waals surface area (Å²) in [7, 11) is 3.72. The molecule has 1 aliphatic rings. The predicted molar refractivity (Wildman–Crippen MR) is 107 cm³/mol. The summed E-state index contributed by atoms with van der Waals surface area (Å²) in [6.45, 7) is 0. The van der Waals surface area contributed by atoms with Gasteiger partial charge >= 0.3 is 0 Å². The van der Waals surface area contributed by atoms with Gasteiger partial charge in [0.05, 0.1) is 11.7 Å². The maximum atomic E-state index is 13.2. The first kappa shape index (κ1) is 18.4. The summed E-state index contributed by atoms with van der Waals surface area (Å²) in [5.41, 5.74) is 2.77. The second-order valence-electron chi connectivity index (χ2n) is 7.43. The zero-order valence-corrected chi connectivity index (χ0v) is 16.3. The van der Waals surface area contributed by atoms with Crippen LogP contribution in [0.2, 0.25) is 0 Å². The first-order chi connectivity index (χ1) is 14.4. The SMILES string of the molecule is CN(C(=O)c1ccc2c(ccn2C)c1)[C@H]1C/C1=C/c1cc(C(F)F)nc2ncnn12. The number of hydrogen-bond donors (Lipinski definition) is 0. The van der Waals surface area contributed by atoms with Gasteiger partial charge in [-0.2, -0.15) is 14.6 Å². The fraction of sp³-hybridized carbons (Fsp3) is 0.238. The van der Waals surface area contributed by atoms with Gasteiger partial charge in [-0.1, -0.05) is 0 Å². The van der Waals surface area contributed by atoms with E-state index in [9.17, 15) is 13.6 Å². The van der Waals surface area contributed by atoms with Gasteiger partial charge in [-0.15, -0.1) is 0 Å². The minimum atomic E-state index is -2.70. The van der Waals surface area contributed by atoms with Crippen LogP contribution in [0.25, 0.3) is 22.8 Å². The topological polar surface area (TPSA) is 68.3 Å². The monoisotopic (exact) mass is 408 g/mol. The third-order valence-corrected chi connectivity index (χ3v) is 5.47. The first-order valence-electron chi connectivity index (χ1n) is 9.44. The van der Waals surface area contributed by atoms with Crippen molar-refractivity contribution in [2.75, 3.05) is 7.05 Å². The van der Waals surface area contributed by atoms with Crippen LogP contribution in [0.15, 0.2) is 48.4 Å². The third-order valence-electron chi connectivity index (χ3n) is 5.47. The van der Waals surface area contributed by atoms with Gasteiger partial charge < -0.3 is 9.47 Å². The van der Waals surface area contributed by atoms with Crippen molar-refractivity contribution in [3.05, 3.63) is 65.4 Å². The van der Waals surface area contributed by atoms with E-state index in [1.807, 2.05) is 42.1 Å². The van der Waals surface area contributed by atoms with Gasteiger partial charge in [0, 0.05) is 36.8 Å². The Balaban J connectivity index is 1.40. The Morgan fingerprint density at radius 1 is 1.30 bits per heavy atom. The molecule has 0 aliphatic heterocycles. The van der Waals surface area contributed by atoms with E-state index in [0.29, 0.717) is 17.7 Å². The Labute approximate surface area is 170 Å². The normalized spacial score (nSPS) is 17.4. The van der Waals surface area contributed by atoms with Crippen molar-refractivity contribution < 1.29 is 13.6 Å². The first-order valence-corrected chi connectivity index (χ1v) is 9.44. The highest BCUT2D eigenvalue weighted by atomic mass is 19.3. The number of nitrogens with zero attached hydrogens (tertiary/aromatic N) is 6. The molecule has 1 atom stereocenters. The Bertz CT molecular complexity index is 1320. The molecule has 5 rings (SSSR count). The fourth-order valence-corrected chi connectivity index (χ4v) is 3.72.